The molecule has 1 aromatic carbocycles. The van der Waals surface area contributed by atoms with Crippen molar-refractivity contribution in [3.05, 3.63) is 58.1 Å². The topological polar surface area (TPSA) is 72.4 Å². The summed E-state index contributed by atoms with van der Waals surface area (Å²) in [6.07, 6.45) is -0.269. The van der Waals surface area contributed by atoms with Gasteiger partial charge >= 0.3 is 6.18 Å². The largest absolute Gasteiger partial charge is 0.496 e. The lowest BCUT2D eigenvalue weighted by Crippen LogP contribution is -2.29. The quantitative estimate of drug-likeness (QED) is 0.337. The van der Waals surface area contributed by atoms with Crippen molar-refractivity contribution < 1.29 is 22.6 Å². The average molecular weight is 556 g/mol. The fraction of sp³-hybridized carbons (Fsp3) is 0.261. The molecule has 1 aliphatic rings. The van der Waals surface area contributed by atoms with Crippen LogP contribution in [0.1, 0.15) is 13.3 Å². The van der Waals surface area contributed by atoms with Crippen LogP contribution in [0.15, 0.2) is 57.9 Å². The summed E-state index contributed by atoms with van der Waals surface area (Å²) < 4.78 is 50.5. The first-order valence-corrected chi connectivity index (χ1v) is 11.3. The molecule has 6 nitrogen and oxygen atoms in total. The Kier molecular flexibility index (Phi) is 6.73. The zero-order valence-corrected chi connectivity index (χ0v) is 20.4. The molecule has 2 aromatic heterocycles. The maximum atomic E-state index is 12.8. The molecule has 0 saturated heterocycles. The van der Waals surface area contributed by atoms with Gasteiger partial charge in [-0.2, -0.15) is 13.2 Å². The second kappa shape index (κ2) is 9.42. The van der Waals surface area contributed by atoms with E-state index in [-0.39, 0.29) is 13.0 Å². The fourth-order valence-electron chi connectivity index (χ4n) is 3.33. The van der Waals surface area contributed by atoms with Crippen molar-refractivity contribution >= 4 is 33.7 Å². The first-order chi connectivity index (χ1) is 16.1. The summed E-state index contributed by atoms with van der Waals surface area (Å²) in [7, 11) is 1.53. The minimum atomic E-state index is -4.45. The van der Waals surface area contributed by atoms with Gasteiger partial charge < -0.3 is 14.5 Å². The average Bonchev–Trinajstić information content (AvgIpc) is 3.19. The summed E-state index contributed by atoms with van der Waals surface area (Å²) in [5.41, 5.74) is 0.571. The van der Waals surface area contributed by atoms with E-state index in [1.807, 2.05) is 0 Å². The Morgan fingerprint density at radius 2 is 2.03 bits per heavy atom. The second-order valence-electron chi connectivity index (χ2n) is 7.97. The number of ether oxygens (including phenoxy) is 2. The molecule has 1 N–H and O–H groups in total. The van der Waals surface area contributed by atoms with Crippen molar-refractivity contribution in [3.63, 3.8) is 0 Å². The van der Waals surface area contributed by atoms with Crippen LogP contribution < -0.4 is 9.47 Å². The molecule has 4 rings (SSSR count). The number of methoxy groups -OCH3 is 1. The van der Waals surface area contributed by atoms with Crippen molar-refractivity contribution in [3.8, 4) is 34.1 Å². The van der Waals surface area contributed by atoms with Gasteiger partial charge in [0.1, 0.15) is 38.5 Å². The molecule has 0 fully saturated rings. The summed E-state index contributed by atoms with van der Waals surface area (Å²) in [6, 6.07) is 8.75. The normalized spacial score (nSPS) is 18.0. The fourth-order valence-corrected chi connectivity index (χ4v) is 3.94. The Morgan fingerprint density at radius 3 is 2.65 bits per heavy atom. The first kappa shape index (κ1) is 24.3. The van der Waals surface area contributed by atoms with Crippen LogP contribution in [0.25, 0.3) is 22.6 Å². The lowest BCUT2D eigenvalue weighted by molar-refractivity contribution is -0.0930. The van der Waals surface area contributed by atoms with E-state index >= 15 is 0 Å². The summed E-state index contributed by atoms with van der Waals surface area (Å²) in [5, 5.41) is 0.386. The minimum Gasteiger partial charge on any atom is -0.496 e. The molecule has 0 bridgehead atoms. The van der Waals surface area contributed by atoms with E-state index in [0.29, 0.717) is 38.3 Å². The molecule has 3 heterocycles. The Morgan fingerprint density at radius 1 is 1.24 bits per heavy atom. The Labute approximate surface area is 207 Å². The number of hydrogen-bond acceptors (Lipinski definition) is 5. The Balaban J connectivity index is 1.51. The molecule has 11 heteroatoms. The van der Waals surface area contributed by atoms with Gasteiger partial charge in [0.25, 0.3) is 0 Å². The lowest BCUT2D eigenvalue weighted by atomic mass is 9.87. The summed E-state index contributed by atoms with van der Waals surface area (Å²) in [6.45, 7) is 1.94. The van der Waals surface area contributed by atoms with Gasteiger partial charge in [0.05, 0.1) is 13.7 Å². The zero-order chi connectivity index (χ0) is 24.5. The molecule has 0 aliphatic carbocycles. The van der Waals surface area contributed by atoms with Gasteiger partial charge in [0.15, 0.2) is 0 Å². The summed E-state index contributed by atoms with van der Waals surface area (Å²) in [5.74, 6) is 1.63. The number of alkyl halides is 3. The molecule has 0 spiro atoms. The van der Waals surface area contributed by atoms with Gasteiger partial charge in [0, 0.05) is 35.0 Å². The SMILES string of the molecule is COc1cc(OCC2(C)C=NC(C(F)(F)F)=CC2)ccc1-c1nc(-c2ccc(Cl)nc2)[nH]c1Br. The third-order valence-electron chi connectivity index (χ3n) is 5.22. The number of halogens is 5. The van der Waals surface area contributed by atoms with Crippen molar-refractivity contribution in [2.45, 2.75) is 19.5 Å². The Hall–Kier alpha value is -2.85. The van der Waals surface area contributed by atoms with Crippen LogP contribution in [0, 0.1) is 5.41 Å². The highest BCUT2D eigenvalue weighted by Crippen LogP contribution is 2.38. The predicted molar refractivity (Wildman–Crippen MR) is 127 cm³/mol. The molecule has 1 unspecified atom stereocenters. The van der Waals surface area contributed by atoms with Crippen molar-refractivity contribution in [1.29, 1.82) is 0 Å². The van der Waals surface area contributed by atoms with Crippen molar-refractivity contribution in [1.82, 2.24) is 15.0 Å². The number of nitrogens with one attached hydrogen (secondary N) is 1. The van der Waals surface area contributed by atoms with Crippen LogP contribution in [0.5, 0.6) is 11.5 Å². The predicted octanol–water partition coefficient (Wildman–Crippen LogP) is 6.87. The van der Waals surface area contributed by atoms with Crippen molar-refractivity contribution in [2.75, 3.05) is 13.7 Å². The van der Waals surface area contributed by atoms with Crippen LogP contribution in [0.2, 0.25) is 5.15 Å². The van der Waals surface area contributed by atoms with E-state index in [2.05, 4.69) is 35.9 Å². The maximum absolute atomic E-state index is 12.8. The number of aromatic amines is 1. The number of imidazole rings is 1. The molecule has 0 amide bonds. The zero-order valence-electron chi connectivity index (χ0n) is 18.1. The number of aliphatic imine (C=N–C) groups is 1. The van der Waals surface area contributed by atoms with E-state index in [1.54, 1.807) is 43.5 Å². The highest BCUT2D eigenvalue weighted by atomic mass is 79.9. The van der Waals surface area contributed by atoms with Crippen LogP contribution >= 0.6 is 27.5 Å². The molecule has 0 radical (unpaired) electrons. The van der Waals surface area contributed by atoms with Gasteiger partial charge in [-0.25, -0.2) is 9.97 Å². The number of aromatic nitrogens is 3. The highest BCUT2D eigenvalue weighted by molar-refractivity contribution is 9.10. The van der Waals surface area contributed by atoms with Crippen LogP contribution in [0.3, 0.4) is 0 Å². The monoisotopic (exact) mass is 554 g/mol. The number of hydrogen-bond donors (Lipinski definition) is 1. The first-order valence-electron chi connectivity index (χ1n) is 10.1. The van der Waals surface area contributed by atoms with E-state index < -0.39 is 17.3 Å². The van der Waals surface area contributed by atoms with Gasteiger partial charge in [-0.05, 0) is 46.6 Å². The molecule has 34 heavy (non-hydrogen) atoms. The van der Waals surface area contributed by atoms with Gasteiger partial charge in [-0.3, -0.25) is 4.99 Å². The lowest BCUT2D eigenvalue weighted by Gasteiger charge is -2.27. The van der Waals surface area contributed by atoms with Crippen molar-refractivity contribution in [2.24, 2.45) is 10.4 Å². The number of H-pyrrole nitrogens is 1. The number of rotatable bonds is 6. The minimum absolute atomic E-state index is 0.153. The van der Waals surface area contributed by atoms with Gasteiger partial charge in [-0.1, -0.05) is 24.6 Å². The van der Waals surface area contributed by atoms with E-state index in [4.69, 9.17) is 21.1 Å². The molecule has 1 aliphatic heterocycles. The summed E-state index contributed by atoms with van der Waals surface area (Å²) >= 11 is 9.36. The van der Waals surface area contributed by atoms with Gasteiger partial charge in [-0.15, -0.1) is 0 Å². The third-order valence-corrected chi connectivity index (χ3v) is 6.02. The van der Waals surface area contributed by atoms with Crippen LogP contribution in [-0.2, 0) is 0 Å². The standard InChI is InChI=1S/C23H19BrClF3N4O2/c1-22(8-7-17(30-11-22)23(26,27)28)12-34-14-4-5-15(16(9-14)33-2)19-20(24)32-21(31-19)13-3-6-18(25)29-10-13/h3-7,9-11H,8,12H2,1-2H3,(H,31,32). The number of allylic oxidation sites excluding steroid dienone is 2. The third kappa shape index (κ3) is 5.28. The Bertz CT molecular complexity index is 1260. The molecular weight excluding hydrogens is 537 g/mol. The van der Waals surface area contributed by atoms with Crippen LogP contribution in [-0.4, -0.2) is 41.1 Å². The van der Waals surface area contributed by atoms with E-state index in [9.17, 15) is 13.2 Å². The molecule has 0 saturated carbocycles. The maximum Gasteiger partial charge on any atom is 0.432 e. The second-order valence-corrected chi connectivity index (χ2v) is 9.15. The number of pyridine rings is 1. The molecule has 178 valence electrons. The van der Waals surface area contributed by atoms with Gasteiger partial charge in [0.2, 0.25) is 0 Å². The number of benzene rings is 1. The van der Waals surface area contributed by atoms with E-state index in [1.165, 1.54) is 13.3 Å². The summed E-state index contributed by atoms with van der Waals surface area (Å²) in [4.78, 5) is 15.5. The van der Waals surface area contributed by atoms with Crippen LogP contribution in [0.4, 0.5) is 13.2 Å². The molecule has 3 aromatic rings. The van der Waals surface area contributed by atoms with E-state index in [0.717, 1.165) is 11.6 Å². The molecular formula is C23H19BrClF3N4O2. The molecule has 1 atom stereocenters. The highest BCUT2D eigenvalue weighted by Gasteiger charge is 2.37. The smallest absolute Gasteiger partial charge is 0.432 e. The number of nitrogens with zero attached hydrogens (tertiary/aromatic N) is 3.